The van der Waals surface area contributed by atoms with Gasteiger partial charge in [-0.3, -0.25) is 0 Å². The van der Waals surface area contributed by atoms with Crippen LogP contribution < -0.4 is 4.74 Å². The summed E-state index contributed by atoms with van der Waals surface area (Å²) in [4.78, 5) is 0. The largest absolute Gasteiger partial charge is 0.485 e. The summed E-state index contributed by atoms with van der Waals surface area (Å²) in [5, 5.41) is 9.72. The Labute approximate surface area is 110 Å². The number of ether oxygens (including phenoxy) is 1. The maximum absolute atomic E-state index is 13.6. The summed E-state index contributed by atoms with van der Waals surface area (Å²) in [7, 11) is 0. The number of aliphatic hydroxyl groups is 1. The predicted molar refractivity (Wildman–Crippen MR) is 68.1 cm³/mol. The second-order valence-electron chi connectivity index (χ2n) is 3.80. The Morgan fingerprint density at radius 3 is 2.67 bits per heavy atom. The van der Waals surface area contributed by atoms with Gasteiger partial charge in [-0.2, -0.15) is 0 Å². The van der Waals surface area contributed by atoms with Gasteiger partial charge >= 0.3 is 0 Å². The van der Waals surface area contributed by atoms with Crippen LogP contribution in [0.1, 0.15) is 11.1 Å². The van der Waals surface area contributed by atoms with Crippen LogP contribution in [0.4, 0.5) is 4.39 Å². The monoisotopic (exact) mass is 266 g/mol. The van der Waals surface area contributed by atoms with Gasteiger partial charge in [0.05, 0.1) is 6.61 Å². The van der Waals surface area contributed by atoms with Gasteiger partial charge in [-0.05, 0) is 23.8 Å². The zero-order chi connectivity index (χ0) is 13.0. The van der Waals surface area contributed by atoms with Gasteiger partial charge in [0.25, 0.3) is 0 Å². The molecule has 94 valence electrons. The first-order chi connectivity index (χ1) is 8.70. The second-order valence-corrected chi connectivity index (χ2v) is 4.24. The van der Waals surface area contributed by atoms with Gasteiger partial charge in [-0.15, -0.1) is 0 Å². The van der Waals surface area contributed by atoms with Gasteiger partial charge in [0, 0.05) is 10.6 Å². The molecule has 0 spiro atoms. The van der Waals surface area contributed by atoms with Crippen LogP contribution in [0.5, 0.6) is 5.75 Å². The van der Waals surface area contributed by atoms with E-state index in [1.165, 1.54) is 12.1 Å². The highest BCUT2D eigenvalue weighted by Gasteiger charge is 2.09. The highest BCUT2D eigenvalue weighted by Crippen LogP contribution is 2.24. The van der Waals surface area contributed by atoms with Crippen LogP contribution in [-0.2, 0) is 13.2 Å². The molecule has 2 aromatic rings. The summed E-state index contributed by atoms with van der Waals surface area (Å²) in [5.41, 5.74) is 1.27. The van der Waals surface area contributed by atoms with E-state index in [0.717, 1.165) is 5.56 Å². The zero-order valence-electron chi connectivity index (χ0n) is 9.57. The van der Waals surface area contributed by atoms with Crippen LogP contribution in [0.15, 0.2) is 42.5 Å². The van der Waals surface area contributed by atoms with Gasteiger partial charge in [0.1, 0.15) is 6.61 Å². The minimum atomic E-state index is -0.483. The van der Waals surface area contributed by atoms with Gasteiger partial charge in [-0.25, -0.2) is 4.39 Å². The number of para-hydroxylation sites is 1. The Balaban J connectivity index is 2.15. The third kappa shape index (κ3) is 3.00. The number of aliphatic hydroxyl groups excluding tert-OH is 1. The van der Waals surface area contributed by atoms with E-state index in [1.807, 2.05) is 6.07 Å². The Bertz CT molecular complexity index is 543. The fraction of sp³-hybridized carbons (Fsp3) is 0.143. The van der Waals surface area contributed by atoms with E-state index in [2.05, 4.69) is 0 Å². The van der Waals surface area contributed by atoms with E-state index < -0.39 is 5.82 Å². The lowest BCUT2D eigenvalue weighted by atomic mass is 10.2. The Morgan fingerprint density at radius 1 is 1.17 bits per heavy atom. The van der Waals surface area contributed by atoms with E-state index in [0.29, 0.717) is 10.6 Å². The molecule has 0 bridgehead atoms. The van der Waals surface area contributed by atoms with Crippen molar-refractivity contribution in [1.82, 2.24) is 0 Å². The summed E-state index contributed by atoms with van der Waals surface area (Å²) in [6, 6.07) is 11.6. The molecular weight excluding hydrogens is 255 g/mol. The maximum Gasteiger partial charge on any atom is 0.165 e. The van der Waals surface area contributed by atoms with Crippen molar-refractivity contribution < 1.29 is 14.2 Å². The average molecular weight is 267 g/mol. The molecule has 0 saturated carbocycles. The lowest BCUT2D eigenvalue weighted by Gasteiger charge is -2.11. The molecule has 0 unspecified atom stereocenters. The Kier molecular flexibility index (Phi) is 4.18. The van der Waals surface area contributed by atoms with E-state index in [-0.39, 0.29) is 19.0 Å². The molecule has 2 rings (SSSR count). The molecule has 0 fully saturated rings. The fourth-order valence-electron chi connectivity index (χ4n) is 1.62. The van der Waals surface area contributed by atoms with Crippen molar-refractivity contribution in [2.45, 2.75) is 13.2 Å². The average Bonchev–Trinajstić information content (AvgIpc) is 2.37. The molecule has 0 aliphatic rings. The van der Waals surface area contributed by atoms with Crippen molar-refractivity contribution >= 4 is 11.6 Å². The molecule has 0 radical (unpaired) electrons. The van der Waals surface area contributed by atoms with E-state index in [4.69, 9.17) is 21.4 Å². The summed E-state index contributed by atoms with van der Waals surface area (Å²) < 4.78 is 19.0. The molecule has 0 atom stereocenters. The number of benzene rings is 2. The maximum atomic E-state index is 13.6. The molecule has 0 heterocycles. The number of hydrogen-bond acceptors (Lipinski definition) is 2. The highest BCUT2D eigenvalue weighted by atomic mass is 35.5. The number of hydrogen-bond donors (Lipinski definition) is 1. The number of rotatable bonds is 4. The molecule has 0 aromatic heterocycles. The smallest absolute Gasteiger partial charge is 0.165 e. The molecular formula is C14H12ClFO2. The first-order valence-corrected chi connectivity index (χ1v) is 5.84. The molecule has 1 N–H and O–H groups in total. The fourth-order valence-corrected chi connectivity index (χ4v) is 1.83. The molecule has 0 aliphatic carbocycles. The lowest BCUT2D eigenvalue weighted by molar-refractivity contribution is 0.251. The van der Waals surface area contributed by atoms with Crippen LogP contribution in [0.2, 0.25) is 5.02 Å². The van der Waals surface area contributed by atoms with Crippen LogP contribution in [0.3, 0.4) is 0 Å². The summed E-state index contributed by atoms with van der Waals surface area (Å²) in [6.45, 7) is -0.0584. The van der Waals surface area contributed by atoms with Crippen molar-refractivity contribution in [3.8, 4) is 5.75 Å². The minimum absolute atomic E-state index is 0.0833. The van der Waals surface area contributed by atoms with Crippen molar-refractivity contribution in [2.75, 3.05) is 0 Å². The SMILES string of the molecule is OCc1cccc(F)c1OCc1cccc(Cl)c1. The third-order valence-electron chi connectivity index (χ3n) is 2.49. The Hall–Kier alpha value is -1.58. The topological polar surface area (TPSA) is 29.5 Å². The quantitative estimate of drug-likeness (QED) is 0.917. The summed E-state index contributed by atoms with van der Waals surface area (Å²) in [5.74, 6) is -0.399. The molecule has 18 heavy (non-hydrogen) atoms. The zero-order valence-corrected chi connectivity index (χ0v) is 10.3. The minimum Gasteiger partial charge on any atom is -0.485 e. The van der Waals surface area contributed by atoms with Crippen molar-refractivity contribution in [2.24, 2.45) is 0 Å². The van der Waals surface area contributed by atoms with Crippen molar-refractivity contribution in [3.05, 3.63) is 64.4 Å². The van der Waals surface area contributed by atoms with E-state index >= 15 is 0 Å². The van der Waals surface area contributed by atoms with Gasteiger partial charge < -0.3 is 9.84 Å². The molecule has 2 nitrogen and oxygen atoms in total. The summed E-state index contributed by atoms with van der Waals surface area (Å²) >= 11 is 5.85. The van der Waals surface area contributed by atoms with E-state index in [9.17, 15) is 4.39 Å². The van der Waals surface area contributed by atoms with Crippen molar-refractivity contribution in [1.29, 1.82) is 0 Å². The molecule has 0 aliphatic heterocycles. The lowest BCUT2D eigenvalue weighted by Crippen LogP contribution is -2.01. The van der Waals surface area contributed by atoms with Crippen LogP contribution in [0, 0.1) is 5.82 Å². The van der Waals surface area contributed by atoms with Crippen molar-refractivity contribution in [3.63, 3.8) is 0 Å². The van der Waals surface area contributed by atoms with Crippen LogP contribution in [0.25, 0.3) is 0 Å². The first kappa shape index (κ1) is 12.9. The normalized spacial score (nSPS) is 10.4. The molecule has 4 heteroatoms. The molecule has 0 saturated heterocycles. The predicted octanol–water partition coefficient (Wildman–Crippen LogP) is 3.55. The third-order valence-corrected chi connectivity index (χ3v) is 2.73. The molecule has 0 amide bonds. The standard InChI is InChI=1S/C14H12ClFO2/c15-12-5-1-3-10(7-12)9-18-14-11(8-17)4-2-6-13(14)16/h1-7,17H,8-9H2. The molecule has 2 aromatic carbocycles. The Morgan fingerprint density at radius 2 is 1.94 bits per heavy atom. The van der Waals surface area contributed by atoms with Gasteiger partial charge in [-0.1, -0.05) is 35.9 Å². The van der Waals surface area contributed by atoms with E-state index in [1.54, 1.807) is 24.3 Å². The van der Waals surface area contributed by atoms with Gasteiger partial charge in [0.15, 0.2) is 11.6 Å². The van der Waals surface area contributed by atoms with Crippen LogP contribution in [-0.4, -0.2) is 5.11 Å². The highest BCUT2D eigenvalue weighted by molar-refractivity contribution is 6.30. The van der Waals surface area contributed by atoms with Gasteiger partial charge in [0.2, 0.25) is 0 Å². The number of halogens is 2. The summed E-state index contributed by atoms with van der Waals surface area (Å²) in [6.07, 6.45) is 0. The van der Waals surface area contributed by atoms with Crippen LogP contribution >= 0.6 is 11.6 Å². The second kappa shape index (κ2) is 5.85. The first-order valence-electron chi connectivity index (χ1n) is 5.46.